The molecule has 1 aliphatic rings. The lowest BCUT2D eigenvalue weighted by atomic mass is 10.0. The summed E-state index contributed by atoms with van der Waals surface area (Å²) in [4.78, 5) is 0. The van der Waals surface area contributed by atoms with E-state index in [9.17, 15) is 13.2 Å². The zero-order valence-corrected chi connectivity index (χ0v) is 5.15. The van der Waals surface area contributed by atoms with Crippen LogP contribution in [0.15, 0.2) is 12.2 Å². The Hall–Kier alpha value is -0.510. The van der Waals surface area contributed by atoms with Crippen LogP contribution in [0.25, 0.3) is 0 Å². The van der Waals surface area contributed by atoms with E-state index in [1.165, 1.54) is 6.08 Å². The van der Waals surface area contributed by atoms with Crippen molar-refractivity contribution in [1.82, 2.24) is 0 Å². The Morgan fingerprint density at radius 2 is 2.00 bits per heavy atom. The summed E-state index contributed by atoms with van der Waals surface area (Å²) in [6.45, 7) is 0. The predicted molar refractivity (Wildman–Crippen MR) is 29.4 cm³/mol. The first-order chi connectivity index (χ1) is 4.46. The van der Waals surface area contributed by atoms with Crippen LogP contribution in [-0.2, 0) is 0 Å². The predicted octanol–water partition coefficient (Wildman–Crippen LogP) is 1.63. The van der Waals surface area contributed by atoms with Gasteiger partial charge in [0.05, 0.1) is 0 Å². The number of allylic oxidation sites excluding steroid dienone is 1. The molecular weight excluding hydrogens is 145 g/mol. The fraction of sp³-hybridized carbons (Fsp3) is 0.667. The van der Waals surface area contributed by atoms with Crippen LogP contribution in [0.4, 0.5) is 13.2 Å². The van der Waals surface area contributed by atoms with Gasteiger partial charge in [-0.3, -0.25) is 0 Å². The number of halogens is 3. The van der Waals surface area contributed by atoms with E-state index in [4.69, 9.17) is 5.11 Å². The van der Waals surface area contributed by atoms with Crippen LogP contribution >= 0.6 is 0 Å². The van der Waals surface area contributed by atoms with Gasteiger partial charge in [-0.05, 0) is 18.9 Å². The summed E-state index contributed by atoms with van der Waals surface area (Å²) in [5, 5.41) is 8.82. The molecule has 0 aromatic rings. The highest BCUT2D eigenvalue weighted by atomic mass is 19.4. The normalized spacial score (nSPS) is 33.2. The number of hydrogen-bond acceptors (Lipinski definition) is 1. The minimum Gasteiger partial charge on any atom is -0.377 e. The maximum Gasteiger partial charge on any atom is 0.420 e. The van der Waals surface area contributed by atoms with Crippen molar-refractivity contribution in [3.63, 3.8) is 0 Å². The molecule has 0 saturated heterocycles. The summed E-state index contributed by atoms with van der Waals surface area (Å²) in [6, 6.07) is 0. The second-order valence-electron chi connectivity index (χ2n) is 2.36. The van der Waals surface area contributed by atoms with Gasteiger partial charge in [-0.15, -0.1) is 0 Å². The van der Waals surface area contributed by atoms with Crippen molar-refractivity contribution in [2.75, 3.05) is 0 Å². The van der Waals surface area contributed by atoms with Gasteiger partial charge in [-0.25, -0.2) is 0 Å². The molecule has 1 atom stereocenters. The highest BCUT2D eigenvalue weighted by molar-refractivity contribution is 5.11. The topological polar surface area (TPSA) is 20.2 Å². The Bertz CT molecular complexity index is 161. The van der Waals surface area contributed by atoms with E-state index in [1.807, 2.05) is 0 Å². The summed E-state index contributed by atoms with van der Waals surface area (Å²) >= 11 is 0. The van der Waals surface area contributed by atoms with E-state index in [0.29, 0.717) is 6.42 Å². The third-order valence-corrected chi connectivity index (χ3v) is 1.58. The third-order valence-electron chi connectivity index (χ3n) is 1.58. The van der Waals surface area contributed by atoms with Gasteiger partial charge in [0.2, 0.25) is 0 Å². The van der Waals surface area contributed by atoms with E-state index in [0.717, 1.165) is 6.08 Å². The molecule has 10 heavy (non-hydrogen) atoms. The molecule has 1 nitrogen and oxygen atoms in total. The number of alkyl halides is 3. The largest absolute Gasteiger partial charge is 0.420 e. The maximum absolute atomic E-state index is 11.8. The van der Waals surface area contributed by atoms with E-state index < -0.39 is 11.8 Å². The zero-order valence-electron chi connectivity index (χ0n) is 5.15. The van der Waals surface area contributed by atoms with Crippen molar-refractivity contribution in [2.24, 2.45) is 0 Å². The van der Waals surface area contributed by atoms with Gasteiger partial charge in [0.15, 0.2) is 5.60 Å². The van der Waals surface area contributed by atoms with Crippen LogP contribution in [0.2, 0.25) is 0 Å². The van der Waals surface area contributed by atoms with Crippen molar-refractivity contribution in [3.05, 3.63) is 12.2 Å². The molecule has 0 radical (unpaired) electrons. The summed E-state index contributed by atoms with van der Waals surface area (Å²) in [6.07, 6.45) is -2.30. The molecule has 0 spiro atoms. The van der Waals surface area contributed by atoms with Crippen LogP contribution in [0.3, 0.4) is 0 Å². The monoisotopic (exact) mass is 152 g/mol. The molecule has 0 amide bonds. The van der Waals surface area contributed by atoms with Crippen molar-refractivity contribution in [3.8, 4) is 0 Å². The van der Waals surface area contributed by atoms with Crippen LogP contribution < -0.4 is 0 Å². The van der Waals surface area contributed by atoms with Gasteiger partial charge < -0.3 is 5.11 Å². The molecule has 1 aliphatic carbocycles. The lowest BCUT2D eigenvalue weighted by Crippen LogP contribution is -2.41. The van der Waals surface area contributed by atoms with Gasteiger partial charge in [-0.1, -0.05) is 6.08 Å². The van der Waals surface area contributed by atoms with Gasteiger partial charge in [0.1, 0.15) is 0 Å². The summed E-state index contributed by atoms with van der Waals surface area (Å²) in [5.74, 6) is 0. The fourth-order valence-corrected chi connectivity index (χ4v) is 0.901. The minimum atomic E-state index is -4.51. The molecule has 0 saturated carbocycles. The molecule has 58 valence electrons. The molecule has 1 N–H and O–H groups in total. The van der Waals surface area contributed by atoms with Crippen LogP contribution in [0.5, 0.6) is 0 Å². The van der Waals surface area contributed by atoms with E-state index in [2.05, 4.69) is 0 Å². The second-order valence-corrected chi connectivity index (χ2v) is 2.36. The van der Waals surface area contributed by atoms with Gasteiger partial charge in [0, 0.05) is 0 Å². The molecule has 1 unspecified atom stereocenters. The fourth-order valence-electron chi connectivity index (χ4n) is 0.901. The lowest BCUT2D eigenvalue weighted by molar-refractivity contribution is -0.238. The van der Waals surface area contributed by atoms with Crippen LogP contribution in [-0.4, -0.2) is 16.9 Å². The van der Waals surface area contributed by atoms with Crippen LogP contribution in [0, 0.1) is 0 Å². The first-order valence-corrected chi connectivity index (χ1v) is 2.92. The molecule has 0 aliphatic heterocycles. The summed E-state index contributed by atoms with van der Waals surface area (Å²) in [5.41, 5.74) is -2.55. The Morgan fingerprint density at radius 3 is 2.20 bits per heavy atom. The van der Waals surface area contributed by atoms with Crippen molar-refractivity contribution in [1.29, 1.82) is 0 Å². The minimum absolute atomic E-state index is 0.240. The molecular formula is C6H7F3O. The SMILES string of the molecule is OC1(C(F)(F)F)C=CCC1. The Labute approximate surface area is 56.2 Å². The van der Waals surface area contributed by atoms with Crippen molar-refractivity contribution >= 4 is 0 Å². The highest BCUT2D eigenvalue weighted by Crippen LogP contribution is 2.38. The van der Waals surface area contributed by atoms with E-state index in [1.54, 1.807) is 0 Å². The summed E-state index contributed by atoms with van der Waals surface area (Å²) in [7, 11) is 0. The van der Waals surface area contributed by atoms with E-state index in [-0.39, 0.29) is 6.42 Å². The van der Waals surface area contributed by atoms with Gasteiger partial charge >= 0.3 is 6.18 Å². The van der Waals surface area contributed by atoms with Crippen molar-refractivity contribution in [2.45, 2.75) is 24.6 Å². The molecule has 0 aromatic carbocycles. The molecule has 0 fully saturated rings. The first kappa shape index (κ1) is 7.60. The van der Waals surface area contributed by atoms with Gasteiger partial charge in [-0.2, -0.15) is 13.2 Å². The van der Waals surface area contributed by atoms with Crippen LogP contribution in [0.1, 0.15) is 12.8 Å². The summed E-state index contributed by atoms with van der Waals surface area (Å²) < 4.78 is 35.5. The highest BCUT2D eigenvalue weighted by Gasteiger charge is 2.52. The molecule has 0 bridgehead atoms. The number of rotatable bonds is 0. The molecule has 0 heterocycles. The standard InChI is InChI=1S/C6H7F3O/c7-6(8,9)5(10)3-1-2-4-5/h1,3,10H,2,4H2. The third kappa shape index (κ3) is 1.03. The lowest BCUT2D eigenvalue weighted by Gasteiger charge is -2.23. The quantitative estimate of drug-likeness (QED) is 0.523. The smallest absolute Gasteiger partial charge is 0.377 e. The zero-order chi connectivity index (χ0) is 7.83. The average molecular weight is 152 g/mol. The Balaban J connectivity index is 2.78. The number of hydrogen-bond donors (Lipinski definition) is 1. The molecule has 0 aromatic heterocycles. The number of aliphatic hydroxyl groups is 1. The second kappa shape index (κ2) is 1.99. The Morgan fingerprint density at radius 1 is 1.40 bits per heavy atom. The molecule has 1 rings (SSSR count). The maximum atomic E-state index is 11.8. The molecule has 4 heteroatoms. The Kier molecular flexibility index (Phi) is 1.51. The van der Waals surface area contributed by atoms with E-state index >= 15 is 0 Å². The first-order valence-electron chi connectivity index (χ1n) is 2.92. The van der Waals surface area contributed by atoms with Gasteiger partial charge in [0.25, 0.3) is 0 Å². The average Bonchev–Trinajstić information content (AvgIpc) is 2.13. The van der Waals surface area contributed by atoms with Crippen molar-refractivity contribution < 1.29 is 18.3 Å².